The summed E-state index contributed by atoms with van der Waals surface area (Å²) in [5.74, 6) is -0.324. The van der Waals surface area contributed by atoms with Crippen molar-refractivity contribution in [3.63, 3.8) is 0 Å². The molecule has 0 aliphatic rings. The molecule has 244 valence electrons. The highest BCUT2D eigenvalue weighted by Gasteiger charge is 2.43. The molecule has 0 aliphatic heterocycles. The van der Waals surface area contributed by atoms with Gasteiger partial charge in [-0.3, -0.25) is 0 Å². The van der Waals surface area contributed by atoms with Crippen LogP contribution >= 0.6 is 0 Å². The van der Waals surface area contributed by atoms with Crippen molar-refractivity contribution < 1.29 is 37.0 Å². The number of alkyl halides is 3. The van der Waals surface area contributed by atoms with Crippen LogP contribution in [-0.2, 0) is 9.47 Å². The molecule has 3 rings (SSSR count). The van der Waals surface area contributed by atoms with Crippen LogP contribution in [0.1, 0.15) is 101 Å². The summed E-state index contributed by atoms with van der Waals surface area (Å²) in [5.41, 5.74) is 3.22. The average Bonchev–Trinajstić information content (AvgIpc) is 3.03. The van der Waals surface area contributed by atoms with E-state index in [9.17, 15) is 22.8 Å². The number of halogens is 3. The van der Waals surface area contributed by atoms with Crippen molar-refractivity contribution in [2.45, 2.75) is 103 Å². The first-order valence-corrected chi connectivity index (χ1v) is 16.1. The quantitative estimate of drug-likeness (QED) is 0.0798. The Labute approximate surface area is 265 Å². The lowest BCUT2D eigenvalue weighted by molar-refractivity contribution is -0.209. The van der Waals surface area contributed by atoms with Gasteiger partial charge in [-0.25, -0.2) is 9.59 Å². The monoisotopic (exact) mass is 626 g/mol. The molecule has 0 bridgehead atoms. The van der Waals surface area contributed by atoms with Crippen LogP contribution in [0.3, 0.4) is 0 Å². The van der Waals surface area contributed by atoms with Crippen LogP contribution in [-0.4, -0.2) is 31.0 Å². The Bertz CT molecular complexity index is 1310. The molecule has 0 saturated heterocycles. The first kappa shape index (κ1) is 35.7. The van der Waals surface area contributed by atoms with E-state index in [1.807, 2.05) is 54.6 Å². The molecular formula is C37H45F3O5. The fraction of sp³-hybridized carbons (Fsp3) is 0.459. The second kappa shape index (κ2) is 18.9. The SMILES string of the molecule is CCCCCCCCCCCOc1ccc(-c2ccc(C(=O)OC(=O)OC(CCCC)C(F)(F)F)cc2-c2ccccc2)cc1. The van der Waals surface area contributed by atoms with Crippen molar-refractivity contribution in [1.29, 1.82) is 0 Å². The van der Waals surface area contributed by atoms with E-state index in [4.69, 9.17) is 4.74 Å². The zero-order chi connectivity index (χ0) is 32.5. The molecule has 0 aromatic heterocycles. The molecular weight excluding hydrogens is 581 g/mol. The Morgan fingerprint density at radius 3 is 1.91 bits per heavy atom. The summed E-state index contributed by atoms with van der Waals surface area (Å²) in [6, 6.07) is 21.8. The number of benzene rings is 3. The second-order valence-electron chi connectivity index (χ2n) is 11.3. The topological polar surface area (TPSA) is 61.8 Å². The highest BCUT2D eigenvalue weighted by atomic mass is 19.4. The molecule has 0 heterocycles. The average molecular weight is 627 g/mol. The maximum atomic E-state index is 13.3. The zero-order valence-electron chi connectivity index (χ0n) is 26.4. The van der Waals surface area contributed by atoms with Crippen LogP contribution in [0.5, 0.6) is 5.75 Å². The van der Waals surface area contributed by atoms with Gasteiger partial charge in [-0.1, -0.05) is 120 Å². The highest BCUT2D eigenvalue weighted by Crippen LogP contribution is 2.34. The van der Waals surface area contributed by atoms with Crippen LogP contribution in [0.4, 0.5) is 18.0 Å². The number of hydrogen-bond donors (Lipinski definition) is 0. The lowest BCUT2D eigenvalue weighted by Gasteiger charge is -2.19. The second-order valence-corrected chi connectivity index (χ2v) is 11.3. The van der Waals surface area contributed by atoms with E-state index in [0.717, 1.165) is 35.3 Å². The van der Waals surface area contributed by atoms with Crippen molar-refractivity contribution in [1.82, 2.24) is 0 Å². The Kier molecular flexibility index (Phi) is 15.0. The van der Waals surface area contributed by atoms with Crippen molar-refractivity contribution >= 4 is 12.1 Å². The van der Waals surface area contributed by atoms with E-state index in [1.165, 1.54) is 51.0 Å². The smallest absolute Gasteiger partial charge is 0.494 e. The van der Waals surface area contributed by atoms with Gasteiger partial charge in [0.15, 0.2) is 0 Å². The molecule has 3 aromatic rings. The van der Waals surface area contributed by atoms with E-state index in [1.54, 1.807) is 19.1 Å². The normalized spacial score (nSPS) is 12.0. The van der Waals surface area contributed by atoms with Gasteiger partial charge in [0.25, 0.3) is 0 Å². The van der Waals surface area contributed by atoms with Crippen LogP contribution in [0.25, 0.3) is 22.3 Å². The molecule has 45 heavy (non-hydrogen) atoms. The first-order valence-electron chi connectivity index (χ1n) is 16.1. The van der Waals surface area contributed by atoms with Gasteiger partial charge in [0, 0.05) is 0 Å². The largest absolute Gasteiger partial charge is 0.517 e. The van der Waals surface area contributed by atoms with Gasteiger partial charge in [-0.05, 0) is 65.8 Å². The van der Waals surface area contributed by atoms with Gasteiger partial charge in [-0.15, -0.1) is 0 Å². The third-order valence-corrected chi connectivity index (χ3v) is 7.62. The van der Waals surface area contributed by atoms with Gasteiger partial charge < -0.3 is 14.2 Å². The molecule has 0 radical (unpaired) electrons. The summed E-state index contributed by atoms with van der Waals surface area (Å²) >= 11 is 0. The number of ether oxygens (including phenoxy) is 3. The predicted octanol–water partition coefficient (Wildman–Crippen LogP) is 11.3. The van der Waals surface area contributed by atoms with Gasteiger partial charge in [0.2, 0.25) is 6.10 Å². The summed E-state index contributed by atoms with van der Waals surface area (Å²) in [6.45, 7) is 4.62. The zero-order valence-corrected chi connectivity index (χ0v) is 26.4. The Morgan fingerprint density at radius 2 is 1.29 bits per heavy atom. The number of rotatable bonds is 18. The molecule has 1 atom stereocenters. The first-order chi connectivity index (χ1) is 21.7. The maximum Gasteiger partial charge on any atom is 0.517 e. The lowest BCUT2D eigenvalue weighted by atomic mass is 9.93. The third kappa shape index (κ3) is 12.2. The molecule has 3 aromatic carbocycles. The summed E-state index contributed by atoms with van der Waals surface area (Å²) in [7, 11) is 0. The summed E-state index contributed by atoms with van der Waals surface area (Å²) < 4.78 is 54.9. The molecule has 0 saturated carbocycles. The number of carbonyl (C=O) groups is 2. The number of esters is 1. The Hall–Kier alpha value is -3.81. The minimum absolute atomic E-state index is 0.00702. The lowest BCUT2D eigenvalue weighted by Crippen LogP contribution is -2.34. The molecule has 8 heteroatoms. The molecule has 0 spiro atoms. The molecule has 0 aliphatic carbocycles. The minimum atomic E-state index is -4.76. The number of hydrogen-bond acceptors (Lipinski definition) is 5. The standard InChI is InChI=1S/C37H45F3O5/c1-3-5-7-8-9-10-11-12-16-26-43-31-23-20-29(21-24-31)32-25-22-30(27-33(32)28-17-14-13-15-18-28)35(41)45-36(42)44-34(19-6-4-2)37(38,39)40/h13-15,17-18,20-25,27,34H,3-12,16,19,26H2,1-2H3. The van der Waals surface area contributed by atoms with E-state index >= 15 is 0 Å². The third-order valence-electron chi connectivity index (χ3n) is 7.62. The van der Waals surface area contributed by atoms with Gasteiger partial charge in [0.1, 0.15) is 5.75 Å². The van der Waals surface area contributed by atoms with Gasteiger partial charge in [0.05, 0.1) is 12.2 Å². The summed E-state index contributed by atoms with van der Waals surface area (Å²) in [5, 5.41) is 0. The summed E-state index contributed by atoms with van der Waals surface area (Å²) in [4.78, 5) is 24.9. The van der Waals surface area contributed by atoms with Crippen molar-refractivity contribution in [2.24, 2.45) is 0 Å². The molecule has 0 fully saturated rings. The maximum absolute atomic E-state index is 13.3. The molecule has 0 amide bonds. The van der Waals surface area contributed by atoms with E-state index in [2.05, 4.69) is 16.4 Å². The minimum Gasteiger partial charge on any atom is -0.494 e. The Morgan fingerprint density at radius 1 is 0.689 bits per heavy atom. The van der Waals surface area contributed by atoms with Crippen molar-refractivity contribution in [2.75, 3.05) is 6.61 Å². The predicted molar refractivity (Wildman–Crippen MR) is 171 cm³/mol. The van der Waals surface area contributed by atoms with Crippen LogP contribution in [0, 0.1) is 0 Å². The van der Waals surface area contributed by atoms with Crippen LogP contribution < -0.4 is 4.74 Å². The van der Waals surface area contributed by atoms with Gasteiger partial charge >= 0.3 is 18.3 Å². The van der Waals surface area contributed by atoms with Crippen LogP contribution in [0.15, 0.2) is 72.8 Å². The number of carbonyl (C=O) groups excluding carboxylic acids is 2. The fourth-order valence-electron chi connectivity index (χ4n) is 5.07. The van der Waals surface area contributed by atoms with E-state index in [-0.39, 0.29) is 12.0 Å². The van der Waals surface area contributed by atoms with Gasteiger partial charge in [-0.2, -0.15) is 13.2 Å². The van der Waals surface area contributed by atoms with E-state index < -0.39 is 30.8 Å². The molecule has 0 N–H and O–H groups in total. The van der Waals surface area contributed by atoms with Crippen molar-refractivity contribution in [3.05, 3.63) is 78.4 Å². The highest BCUT2D eigenvalue weighted by molar-refractivity contribution is 5.98. The van der Waals surface area contributed by atoms with E-state index in [0.29, 0.717) is 18.6 Å². The Balaban J connectivity index is 1.64. The van der Waals surface area contributed by atoms with Crippen LogP contribution in [0.2, 0.25) is 0 Å². The molecule has 1 unspecified atom stereocenters. The molecule has 5 nitrogen and oxygen atoms in total. The number of unbranched alkanes of at least 4 members (excludes halogenated alkanes) is 9. The fourth-order valence-corrected chi connectivity index (χ4v) is 5.07. The summed E-state index contributed by atoms with van der Waals surface area (Å²) in [6.07, 6.45) is 2.77. The van der Waals surface area contributed by atoms with Crippen molar-refractivity contribution in [3.8, 4) is 28.0 Å².